The second-order valence-electron chi connectivity index (χ2n) is 4.37. The van der Waals surface area contributed by atoms with E-state index in [-0.39, 0.29) is 0 Å². The van der Waals surface area contributed by atoms with E-state index in [2.05, 4.69) is 12.6 Å². The highest BCUT2D eigenvalue weighted by Gasteiger charge is 2.04. The molecule has 98 valence electrons. The molecule has 0 amide bonds. The molecule has 1 aromatic rings. The zero-order valence-electron chi connectivity index (χ0n) is 11.4. The van der Waals surface area contributed by atoms with E-state index in [1.165, 1.54) is 5.57 Å². The van der Waals surface area contributed by atoms with Crippen LogP contribution in [0.25, 0.3) is 0 Å². The molecule has 0 aromatic heterocycles. The standard InChI is InChI=1S/C15H20O2S/c1-11(2)7-13(10-18)9-17-14-6-5-12(3)8-15(14)16-4/h5-8,10,18H,9H2,1-4H3/b13-10+. The van der Waals surface area contributed by atoms with Crippen molar-refractivity contribution in [2.75, 3.05) is 13.7 Å². The van der Waals surface area contributed by atoms with Gasteiger partial charge in [-0.05, 0) is 49.4 Å². The molecule has 3 heteroatoms. The van der Waals surface area contributed by atoms with Crippen molar-refractivity contribution in [1.82, 2.24) is 0 Å². The first-order valence-electron chi connectivity index (χ1n) is 5.82. The van der Waals surface area contributed by atoms with Crippen molar-refractivity contribution in [3.63, 3.8) is 0 Å². The summed E-state index contributed by atoms with van der Waals surface area (Å²) in [6.45, 7) is 6.59. The lowest BCUT2D eigenvalue weighted by Crippen LogP contribution is -2.01. The molecule has 2 nitrogen and oxygen atoms in total. The fraction of sp³-hybridized carbons (Fsp3) is 0.333. The molecule has 0 N–H and O–H groups in total. The lowest BCUT2D eigenvalue weighted by Gasteiger charge is -2.11. The monoisotopic (exact) mass is 264 g/mol. The topological polar surface area (TPSA) is 18.5 Å². The Morgan fingerprint density at radius 3 is 2.56 bits per heavy atom. The van der Waals surface area contributed by atoms with Crippen LogP contribution in [0.1, 0.15) is 19.4 Å². The SMILES string of the molecule is COc1cc(C)ccc1OC/C(C=C(C)C)=C/S. The Morgan fingerprint density at radius 1 is 1.28 bits per heavy atom. The van der Waals surface area contributed by atoms with Gasteiger partial charge in [-0.15, -0.1) is 0 Å². The third-order valence-corrected chi connectivity index (χ3v) is 2.69. The molecule has 0 heterocycles. The van der Waals surface area contributed by atoms with Gasteiger partial charge in [0.15, 0.2) is 11.5 Å². The Morgan fingerprint density at radius 2 is 2.00 bits per heavy atom. The molecular weight excluding hydrogens is 244 g/mol. The predicted molar refractivity (Wildman–Crippen MR) is 79.7 cm³/mol. The van der Waals surface area contributed by atoms with Crippen LogP contribution in [0.15, 0.2) is 40.8 Å². The molecule has 0 spiro atoms. The molecule has 0 saturated heterocycles. The summed E-state index contributed by atoms with van der Waals surface area (Å²) in [7, 11) is 1.65. The van der Waals surface area contributed by atoms with Crippen LogP contribution in [-0.2, 0) is 0 Å². The van der Waals surface area contributed by atoms with Crippen molar-refractivity contribution in [1.29, 1.82) is 0 Å². The molecule has 0 atom stereocenters. The van der Waals surface area contributed by atoms with Gasteiger partial charge < -0.3 is 9.47 Å². The Bertz CT molecular complexity index is 458. The summed E-state index contributed by atoms with van der Waals surface area (Å²) in [4.78, 5) is 0. The third kappa shape index (κ3) is 4.49. The van der Waals surface area contributed by atoms with E-state index in [0.717, 1.165) is 22.6 Å². The summed E-state index contributed by atoms with van der Waals surface area (Å²) in [5.74, 6) is 1.50. The number of hydrogen-bond acceptors (Lipinski definition) is 3. The van der Waals surface area contributed by atoms with Gasteiger partial charge in [0.05, 0.1) is 7.11 Å². The molecular formula is C15H20O2S. The highest BCUT2D eigenvalue weighted by molar-refractivity contribution is 7.83. The average molecular weight is 264 g/mol. The van der Waals surface area contributed by atoms with Gasteiger partial charge in [-0.1, -0.05) is 17.7 Å². The van der Waals surface area contributed by atoms with E-state index in [9.17, 15) is 0 Å². The van der Waals surface area contributed by atoms with Crippen LogP contribution in [0.4, 0.5) is 0 Å². The van der Waals surface area contributed by atoms with Gasteiger partial charge in [-0.2, -0.15) is 12.6 Å². The molecule has 0 saturated carbocycles. The smallest absolute Gasteiger partial charge is 0.161 e. The minimum absolute atomic E-state index is 0.480. The summed E-state index contributed by atoms with van der Waals surface area (Å²) < 4.78 is 11.0. The number of thiol groups is 1. The van der Waals surface area contributed by atoms with Gasteiger partial charge in [0.25, 0.3) is 0 Å². The minimum atomic E-state index is 0.480. The van der Waals surface area contributed by atoms with Crippen LogP contribution in [-0.4, -0.2) is 13.7 Å². The van der Waals surface area contributed by atoms with Crippen molar-refractivity contribution in [3.05, 3.63) is 46.4 Å². The lowest BCUT2D eigenvalue weighted by molar-refractivity contribution is 0.321. The Labute approximate surface area is 115 Å². The van der Waals surface area contributed by atoms with Crippen molar-refractivity contribution < 1.29 is 9.47 Å². The molecule has 0 aliphatic heterocycles. The molecule has 0 radical (unpaired) electrons. The second kappa shape index (κ2) is 7.17. The first kappa shape index (κ1) is 14.7. The van der Waals surface area contributed by atoms with Crippen molar-refractivity contribution in [2.45, 2.75) is 20.8 Å². The van der Waals surface area contributed by atoms with E-state index in [4.69, 9.17) is 9.47 Å². The van der Waals surface area contributed by atoms with Gasteiger partial charge in [0.2, 0.25) is 0 Å². The zero-order chi connectivity index (χ0) is 13.5. The fourth-order valence-electron chi connectivity index (χ4n) is 1.54. The van der Waals surface area contributed by atoms with Gasteiger partial charge >= 0.3 is 0 Å². The number of aryl methyl sites for hydroxylation is 1. The van der Waals surface area contributed by atoms with E-state index in [1.54, 1.807) is 12.5 Å². The number of hydrogen-bond donors (Lipinski definition) is 1. The average Bonchev–Trinajstić information content (AvgIpc) is 2.34. The molecule has 0 aliphatic rings. The van der Waals surface area contributed by atoms with Gasteiger partial charge in [-0.25, -0.2) is 0 Å². The van der Waals surface area contributed by atoms with E-state index in [0.29, 0.717) is 6.61 Å². The summed E-state index contributed by atoms with van der Waals surface area (Å²) in [5, 5.41) is 1.76. The predicted octanol–water partition coefficient (Wildman–Crippen LogP) is 4.16. The van der Waals surface area contributed by atoms with Gasteiger partial charge in [-0.3, -0.25) is 0 Å². The highest BCUT2D eigenvalue weighted by Crippen LogP contribution is 2.28. The first-order valence-corrected chi connectivity index (χ1v) is 6.34. The van der Waals surface area contributed by atoms with E-state index >= 15 is 0 Å². The van der Waals surface area contributed by atoms with Gasteiger partial charge in [0.1, 0.15) is 6.61 Å². The number of methoxy groups -OCH3 is 1. The molecule has 18 heavy (non-hydrogen) atoms. The fourth-order valence-corrected chi connectivity index (χ4v) is 1.69. The number of ether oxygens (including phenoxy) is 2. The lowest BCUT2D eigenvalue weighted by atomic mass is 10.2. The highest BCUT2D eigenvalue weighted by atomic mass is 32.1. The van der Waals surface area contributed by atoms with Crippen molar-refractivity contribution in [3.8, 4) is 11.5 Å². The Kier molecular flexibility index (Phi) is 5.86. The molecule has 1 aromatic carbocycles. The molecule has 0 fully saturated rings. The van der Waals surface area contributed by atoms with Gasteiger partial charge in [0, 0.05) is 0 Å². The molecule has 0 aliphatic carbocycles. The number of allylic oxidation sites excluding steroid dienone is 1. The Hall–Kier alpha value is -1.35. The molecule has 0 unspecified atom stereocenters. The quantitative estimate of drug-likeness (QED) is 0.636. The van der Waals surface area contributed by atoms with Crippen LogP contribution in [0, 0.1) is 6.92 Å². The number of benzene rings is 1. The van der Waals surface area contributed by atoms with Crippen LogP contribution in [0.2, 0.25) is 0 Å². The van der Waals surface area contributed by atoms with E-state index in [1.807, 2.05) is 45.0 Å². The summed E-state index contributed by atoms with van der Waals surface area (Å²) >= 11 is 4.18. The summed E-state index contributed by atoms with van der Waals surface area (Å²) in [5.41, 5.74) is 3.39. The van der Waals surface area contributed by atoms with E-state index < -0.39 is 0 Å². The van der Waals surface area contributed by atoms with Crippen molar-refractivity contribution >= 4 is 12.6 Å². The maximum absolute atomic E-state index is 5.75. The first-order chi connectivity index (χ1) is 8.56. The van der Waals surface area contributed by atoms with Crippen LogP contribution < -0.4 is 9.47 Å². The molecule has 1 rings (SSSR count). The summed E-state index contributed by atoms with van der Waals surface area (Å²) in [6, 6.07) is 5.88. The van der Waals surface area contributed by atoms with Crippen LogP contribution in [0.3, 0.4) is 0 Å². The number of rotatable bonds is 5. The minimum Gasteiger partial charge on any atom is -0.493 e. The summed E-state index contributed by atoms with van der Waals surface area (Å²) in [6.07, 6.45) is 2.05. The third-order valence-electron chi connectivity index (χ3n) is 2.35. The van der Waals surface area contributed by atoms with Crippen molar-refractivity contribution in [2.24, 2.45) is 0 Å². The maximum Gasteiger partial charge on any atom is 0.161 e. The van der Waals surface area contributed by atoms with Crippen LogP contribution in [0.5, 0.6) is 11.5 Å². The zero-order valence-corrected chi connectivity index (χ0v) is 12.3. The maximum atomic E-state index is 5.75. The molecule has 0 bridgehead atoms. The normalized spacial score (nSPS) is 11.1. The largest absolute Gasteiger partial charge is 0.493 e. The van der Waals surface area contributed by atoms with Crippen LogP contribution >= 0.6 is 12.6 Å². The second-order valence-corrected chi connectivity index (χ2v) is 4.63. The Balaban J connectivity index is 2.77.